The SMILES string of the molecule is CNS(=O)(=O)c1ccc(N2CCCCS2(=O)=O)cc1. The molecule has 0 saturated carbocycles. The Morgan fingerprint density at radius 3 is 2.32 bits per heavy atom. The Hall–Kier alpha value is -1.12. The van der Waals surface area contributed by atoms with Crippen LogP contribution in [0.5, 0.6) is 0 Å². The maximum Gasteiger partial charge on any atom is 0.240 e. The number of sulfonamides is 2. The summed E-state index contributed by atoms with van der Waals surface area (Å²) in [6, 6.07) is 5.86. The van der Waals surface area contributed by atoms with E-state index >= 15 is 0 Å². The summed E-state index contributed by atoms with van der Waals surface area (Å²) in [5.41, 5.74) is 0.509. The smallest absolute Gasteiger partial charge is 0.240 e. The molecular formula is C11H16N2O4S2. The minimum absolute atomic E-state index is 0.119. The van der Waals surface area contributed by atoms with Crippen LogP contribution in [0.4, 0.5) is 5.69 Å². The summed E-state index contributed by atoms with van der Waals surface area (Å²) in [6.45, 7) is 0.445. The first kappa shape index (κ1) is 14.3. The van der Waals surface area contributed by atoms with Gasteiger partial charge >= 0.3 is 0 Å². The Labute approximate surface area is 113 Å². The fourth-order valence-electron chi connectivity index (χ4n) is 1.99. The maximum absolute atomic E-state index is 11.9. The molecule has 1 aliphatic rings. The van der Waals surface area contributed by atoms with Crippen molar-refractivity contribution in [3.63, 3.8) is 0 Å². The predicted octanol–water partition coefficient (Wildman–Crippen LogP) is 0.525. The standard InChI is InChI=1S/C11H16N2O4S2/c1-12-19(16,17)11-6-4-10(5-7-11)13-8-2-3-9-18(13,14)15/h4-7,12H,2-3,8-9H2,1H3. The molecule has 0 amide bonds. The van der Waals surface area contributed by atoms with Gasteiger partial charge in [-0.2, -0.15) is 0 Å². The highest BCUT2D eigenvalue weighted by molar-refractivity contribution is 7.92. The van der Waals surface area contributed by atoms with Crippen molar-refractivity contribution in [3.05, 3.63) is 24.3 Å². The van der Waals surface area contributed by atoms with Crippen molar-refractivity contribution in [1.29, 1.82) is 0 Å². The van der Waals surface area contributed by atoms with Gasteiger partial charge in [0.15, 0.2) is 0 Å². The van der Waals surface area contributed by atoms with Crippen molar-refractivity contribution in [2.75, 3.05) is 23.7 Å². The van der Waals surface area contributed by atoms with Crippen molar-refractivity contribution >= 4 is 25.7 Å². The number of anilines is 1. The Kier molecular flexibility index (Phi) is 3.84. The molecule has 1 aliphatic heterocycles. The first-order chi connectivity index (χ1) is 8.87. The van der Waals surface area contributed by atoms with E-state index in [0.29, 0.717) is 18.7 Å². The molecule has 0 bridgehead atoms. The van der Waals surface area contributed by atoms with Gasteiger partial charge in [0.1, 0.15) is 0 Å². The summed E-state index contributed by atoms with van der Waals surface area (Å²) in [7, 11) is -5.42. The van der Waals surface area contributed by atoms with Gasteiger partial charge in [-0.1, -0.05) is 0 Å². The number of hydrogen-bond acceptors (Lipinski definition) is 4. The van der Waals surface area contributed by atoms with Gasteiger partial charge in [0.25, 0.3) is 0 Å². The zero-order chi connectivity index (χ0) is 14.1. The fraction of sp³-hybridized carbons (Fsp3) is 0.455. The monoisotopic (exact) mass is 304 g/mol. The average molecular weight is 304 g/mol. The van der Waals surface area contributed by atoms with E-state index in [9.17, 15) is 16.8 Å². The van der Waals surface area contributed by atoms with E-state index < -0.39 is 20.0 Å². The second kappa shape index (κ2) is 5.10. The Bertz CT molecular complexity index is 650. The van der Waals surface area contributed by atoms with E-state index in [2.05, 4.69) is 4.72 Å². The van der Waals surface area contributed by atoms with Gasteiger partial charge in [-0.25, -0.2) is 21.6 Å². The van der Waals surface area contributed by atoms with Gasteiger partial charge < -0.3 is 0 Å². The summed E-state index contributed by atoms with van der Waals surface area (Å²) in [4.78, 5) is 0.119. The Morgan fingerprint density at radius 2 is 1.79 bits per heavy atom. The first-order valence-corrected chi connectivity index (χ1v) is 9.00. The van der Waals surface area contributed by atoms with E-state index in [4.69, 9.17) is 0 Å². The van der Waals surface area contributed by atoms with Crippen molar-refractivity contribution in [3.8, 4) is 0 Å². The summed E-state index contributed by atoms with van der Waals surface area (Å²) in [5, 5.41) is 0. The molecule has 0 spiro atoms. The van der Waals surface area contributed by atoms with Crippen LogP contribution in [0.15, 0.2) is 29.2 Å². The van der Waals surface area contributed by atoms with E-state index in [1.165, 1.54) is 35.6 Å². The normalized spacial score (nSPS) is 19.3. The molecule has 0 unspecified atom stereocenters. The molecule has 0 atom stereocenters. The Morgan fingerprint density at radius 1 is 1.16 bits per heavy atom. The minimum atomic E-state index is -3.49. The van der Waals surface area contributed by atoms with Gasteiger partial charge in [-0.15, -0.1) is 0 Å². The largest absolute Gasteiger partial charge is 0.270 e. The molecule has 0 aliphatic carbocycles. The van der Waals surface area contributed by atoms with Crippen molar-refractivity contribution in [1.82, 2.24) is 4.72 Å². The van der Waals surface area contributed by atoms with E-state index in [0.717, 1.165) is 6.42 Å². The van der Waals surface area contributed by atoms with Crippen LogP contribution in [0.1, 0.15) is 12.8 Å². The first-order valence-electron chi connectivity index (χ1n) is 5.91. The zero-order valence-electron chi connectivity index (χ0n) is 10.5. The van der Waals surface area contributed by atoms with Crippen LogP contribution in [0.2, 0.25) is 0 Å². The molecule has 6 nitrogen and oxygen atoms in total. The van der Waals surface area contributed by atoms with Crippen LogP contribution in [0, 0.1) is 0 Å². The molecule has 0 radical (unpaired) electrons. The number of hydrogen-bond donors (Lipinski definition) is 1. The molecule has 1 aromatic carbocycles. The van der Waals surface area contributed by atoms with Crippen LogP contribution < -0.4 is 9.03 Å². The van der Waals surface area contributed by atoms with E-state index in [1.807, 2.05) is 0 Å². The summed E-state index contributed by atoms with van der Waals surface area (Å²) < 4.78 is 50.5. The zero-order valence-corrected chi connectivity index (χ0v) is 12.2. The lowest BCUT2D eigenvalue weighted by Crippen LogP contribution is -2.37. The molecule has 19 heavy (non-hydrogen) atoms. The topological polar surface area (TPSA) is 83.6 Å². The lowest BCUT2D eigenvalue weighted by Gasteiger charge is -2.28. The quantitative estimate of drug-likeness (QED) is 0.882. The molecule has 106 valence electrons. The molecule has 2 rings (SSSR count). The third-order valence-corrected chi connectivity index (χ3v) is 6.35. The number of nitrogens with zero attached hydrogens (tertiary/aromatic N) is 1. The maximum atomic E-state index is 11.9. The van der Waals surface area contributed by atoms with Crippen LogP contribution >= 0.6 is 0 Å². The second-order valence-corrected chi connectivity index (χ2v) is 8.20. The van der Waals surface area contributed by atoms with Crippen LogP contribution in [-0.4, -0.2) is 36.2 Å². The highest BCUT2D eigenvalue weighted by Crippen LogP contribution is 2.24. The van der Waals surface area contributed by atoms with E-state index in [1.54, 1.807) is 0 Å². The third kappa shape index (κ3) is 2.90. The molecule has 8 heteroatoms. The highest BCUT2D eigenvalue weighted by Gasteiger charge is 2.26. The van der Waals surface area contributed by atoms with E-state index in [-0.39, 0.29) is 10.6 Å². The van der Waals surface area contributed by atoms with Crippen molar-refractivity contribution in [2.45, 2.75) is 17.7 Å². The summed E-state index contributed by atoms with van der Waals surface area (Å²) >= 11 is 0. The Balaban J connectivity index is 2.33. The summed E-state index contributed by atoms with van der Waals surface area (Å²) in [5.74, 6) is 0.142. The van der Waals surface area contributed by atoms with Crippen molar-refractivity contribution < 1.29 is 16.8 Å². The molecule has 0 aromatic heterocycles. The fourth-order valence-corrected chi connectivity index (χ4v) is 4.36. The van der Waals surface area contributed by atoms with Gasteiger partial charge in [0, 0.05) is 6.54 Å². The second-order valence-electron chi connectivity index (χ2n) is 4.30. The average Bonchev–Trinajstić information content (AvgIpc) is 2.38. The minimum Gasteiger partial charge on any atom is -0.270 e. The van der Waals surface area contributed by atoms with Crippen molar-refractivity contribution in [2.24, 2.45) is 0 Å². The van der Waals surface area contributed by atoms with Crippen LogP contribution in [0.25, 0.3) is 0 Å². The third-order valence-electron chi connectivity index (χ3n) is 3.05. The molecular weight excluding hydrogens is 288 g/mol. The molecule has 1 fully saturated rings. The van der Waals surface area contributed by atoms with Gasteiger partial charge in [0.05, 0.1) is 16.3 Å². The molecule has 1 saturated heterocycles. The lowest BCUT2D eigenvalue weighted by atomic mass is 10.3. The number of rotatable bonds is 3. The molecule has 1 heterocycles. The van der Waals surface area contributed by atoms with Crippen LogP contribution in [-0.2, 0) is 20.0 Å². The number of benzene rings is 1. The number of nitrogens with one attached hydrogen (secondary N) is 1. The molecule has 1 aromatic rings. The van der Waals surface area contributed by atoms with Gasteiger partial charge in [-0.3, -0.25) is 4.31 Å². The van der Waals surface area contributed by atoms with Gasteiger partial charge in [-0.05, 0) is 44.2 Å². The van der Waals surface area contributed by atoms with Gasteiger partial charge in [0.2, 0.25) is 20.0 Å². The summed E-state index contributed by atoms with van der Waals surface area (Å²) in [6.07, 6.45) is 1.49. The lowest BCUT2D eigenvalue weighted by molar-refractivity contribution is 0.574. The molecule has 1 N–H and O–H groups in total. The highest BCUT2D eigenvalue weighted by atomic mass is 32.2. The predicted molar refractivity (Wildman–Crippen MR) is 73.1 cm³/mol. The van der Waals surface area contributed by atoms with Crippen LogP contribution in [0.3, 0.4) is 0 Å².